The van der Waals surface area contributed by atoms with Gasteiger partial charge in [-0.05, 0) is 11.6 Å². The number of nitrogens with zero attached hydrogens (tertiary/aromatic N) is 1. The van der Waals surface area contributed by atoms with Crippen LogP contribution >= 0.6 is 0 Å². The normalized spacial score (nSPS) is 12.1. The van der Waals surface area contributed by atoms with Gasteiger partial charge in [0.2, 0.25) is 0 Å². The Morgan fingerprint density at radius 1 is 1.50 bits per heavy atom. The number of aldehydes is 1. The van der Waals surface area contributed by atoms with Gasteiger partial charge in [-0.2, -0.15) is 0 Å². The highest BCUT2D eigenvalue weighted by Crippen LogP contribution is 2.21. The van der Waals surface area contributed by atoms with E-state index >= 15 is 0 Å². The first-order valence-electron chi connectivity index (χ1n) is 3.94. The number of nitro benzene ring substituents is 1. The number of nitro groups is 1. The molecule has 1 rings (SSSR count). The summed E-state index contributed by atoms with van der Waals surface area (Å²) >= 11 is 0. The topological polar surface area (TPSA) is 60.2 Å². The Labute approximate surface area is 79.5 Å². The van der Waals surface area contributed by atoms with E-state index in [4.69, 9.17) is 0 Å². The molecule has 74 valence electrons. The van der Waals surface area contributed by atoms with Crippen LogP contribution in [0.25, 0.3) is 0 Å². The molecule has 0 spiro atoms. The largest absolute Gasteiger partial charge is 0.303 e. The highest BCUT2D eigenvalue weighted by atomic mass is 19.1. The molecule has 1 aromatic rings. The Morgan fingerprint density at radius 2 is 2.14 bits per heavy atom. The average molecular weight is 197 g/mol. The number of carbonyl (C=O) groups excluding carboxylic acids is 1. The Morgan fingerprint density at radius 3 is 2.64 bits per heavy atom. The SMILES string of the molecule is CC(C=O)c1cc(F)cc([N+](=O)[O-])c1. The van der Waals surface area contributed by atoms with E-state index in [1.165, 1.54) is 6.07 Å². The molecule has 14 heavy (non-hydrogen) atoms. The summed E-state index contributed by atoms with van der Waals surface area (Å²) in [5, 5.41) is 10.4. The van der Waals surface area contributed by atoms with Crippen LogP contribution in [0.5, 0.6) is 0 Å². The monoisotopic (exact) mass is 197 g/mol. The Kier molecular flexibility index (Phi) is 2.91. The number of hydrogen-bond donors (Lipinski definition) is 0. The first-order chi connectivity index (χ1) is 6.54. The minimum Gasteiger partial charge on any atom is -0.303 e. The fourth-order valence-electron chi connectivity index (χ4n) is 1.04. The fraction of sp³-hybridized carbons (Fsp3) is 0.222. The molecular formula is C9H8FNO3. The summed E-state index contributed by atoms with van der Waals surface area (Å²) in [7, 11) is 0. The minimum atomic E-state index is -0.706. The number of benzene rings is 1. The second-order valence-corrected chi connectivity index (χ2v) is 2.92. The highest BCUT2D eigenvalue weighted by molar-refractivity contribution is 5.62. The molecule has 0 radical (unpaired) electrons. The quantitative estimate of drug-likeness (QED) is 0.423. The summed E-state index contributed by atoms with van der Waals surface area (Å²) in [6.45, 7) is 1.55. The minimum absolute atomic E-state index is 0.312. The van der Waals surface area contributed by atoms with Crippen LogP contribution in [-0.4, -0.2) is 11.2 Å². The maximum atomic E-state index is 12.9. The number of carbonyl (C=O) groups is 1. The van der Waals surface area contributed by atoms with Crippen molar-refractivity contribution in [2.75, 3.05) is 0 Å². The standard InChI is InChI=1S/C9H8FNO3/c1-6(5-12)7-2-8(10)4-9(3-7)11(13)14/h2-6H,1H3. The van der Waals surface area contributed by atoms with E-state index in [0.29, 0.717) is 11.8 Å². The Bertz CT molecular complexity index is 378. The van der Waals surface area contributed by atoms with Gasteiger partial charge in [-0.1, -0.05) is 6.92 Å². The van der Waals surface area contributed by atoms with Crippen molar-refractivity contribution in [2.45, 2.75) is 12.8 Å². The molecule has 0 heterocycles. The lowest BCUT2D eigenvalue weighted by molar-refractivity contribution is -0.385. The van der Waals surface area contributed by atoms with Gasteiger partial charge in [0, 0.05) is 12.0 Å². The molecule has 1 aromatic carbocycles. The van der Waals surface area contributed by atoms with Crippen molar-refractivity contribution in [1.82, 2.24) is 0 Å². The van der Waals surface area contributed by atoms with E-state index in [1.54, 1.807) is 6.92 Å². The maximum Gasteiger partial charge on any atom is 0.272 e. The molecule has 1 atom stereocenters. The van der Waals surface area contributed by atoms with Crippen LogP contribution in [-0.2, 0) is 4.79 Å². The van der Waals surface area contributed by atoms with Crippen molar-refractivity contribution in [3.63, 3.8) is 0 Å². The molecule has 0 aliphatic rings. The van der Waals surface area contributed by atoms with Gasteiger partial charge in [0.05, 0.1) is 11.0 Å². The van der Waals surface area contributed by atoms with E-state index in [0.717, 1.165) is 12.1 Å². The van der Waals surface area contributed by atoms with Gasteiger partial charge in [0.1, 0.15) is 12.1 Å². The highest BCUT2D eigenvalue weighted by Gasteiger charge is 2.13. The molecule has 0 amide bonds. The maximum absolute atomic E-state index is 12.9. The summed E-state index contributed by atoms with van der Waals surface area (Å²) in [6.07, 6.45) is 0.610. The van der Waals surface area contributed by atoms with Crippen LogP contribution in [0.2, 0.25) is 0 Å². The zero-order valence-corrected chi connectivity index (χ0v) is 7.44. The van der Waals surface area contributed by atoms with E-state index in [1.807, 2.05) is 0 Å². The Hall–Kier alpha value is -1.78. The van der Waals surface area contributed by atoms with Crippen molar-refractivity contribution in [3.8, 4) is 0 Å². The van der Waals surface area contributed by atoms with Crippen LogP contribution in [0, 0.1) is 15.9 Å². The summed E-state index contributed by atoms with van der Waals surface area (Å²) < 4.78 is 12.9. The smallest absolute Gasteiger partial charge is 0.272 e. The summed E-state index contributed by atoms with van der Waals surface area (Å²) in [4.78, 5) is 20.1. The number of non-ortho nitro benzene ring substituents is 1. The molecule has 1 unspecified atom stereocenters. The predicted molar refractivity (Wildman–Crippen MR) is 47.5 cm³/mol. The third kappa shape index (κ3) is 2.12. The number of halogens is 1. The van der Waals surface area contributed by atoms with E-state index in [-0.39, 0.29) is 5.69 Å². The van der Waals surface area contributed by atoms with Crippen LogP contribution in [0.15, 0.2) is 18.2 Å². The van der Waals surface area contributed by atoms with Crippen molar-refractivity contribution < 1.29 is 14.1 Å². The van der Waals surface area contributed by atoms with Crippen LogP contribution in [0.4, 0.5) is 10.1 Å². The molecule has 0 saturated heterocycles. The van der Waals surface area contributed by atoms with Crippen LogP contribution in [0.3, 0.4) is 0 Å². The van der Waals surface area contributed by atoms with Gasteiger partial charge < -0.3 is 4.79 Å². The average Bonchev–Trinajstić information content (AvgIpc) is 2.15. The first-order valence-corrected chi connectivity index (χ1v) is 3.94. The van der Waals surface area contributed by atoms with Gasteiger partial charge in [-0.25, -0.2) is 4.39 Å². The van der Waals surface area contributed by atoms with Crippen molar-refractivity contribution >= 4 is 12.0 Å². The van der Waals surface area contributed by atoms with Crippen LogP contribution in [0.1, 0.15) is 18.4 Å². The molecule has 0 N–H and O–H groups in total. The Balaban J connectivity index is 3.19. The number of hydrogen-bond acceptors (Lipinski definition) is 3. The molecule has 0 saturated carbocycles. The molecule has 0 fully saturated rings. The van der Waals surface area contributed by atoms with Gasteiger partial charge >= 0.3 is 0 Å². The molecule has 0 aliphatic carbocycles. The lowest BCUT2D eigenvalue weighted by Gasteiger charge is -2.03. The zero-order valence-electron chi connectivity index (χ0n) is 7.44. The van der Waals surface area contributed by atoms with Gasteiger partial charge in [0.25, 0.3) is 5.69 Å². The predicted octanol–water partition coefficient (Wildman–Crippen LogP) is 2.04. The van der Waals surface area contributed by atoms with E-state index in [9.17, 15) is 19.3 Å². The lowest BCUT2D eigenvalue weighted by atomic mass is 10.0. The molecule has 5 heteroatoms. The second kappa shape index (κ2) is 3.95. The van der Waals surface area contributed by atoms with Gasteiger partial charge in [-0.3, -0.25) is 10.1 Å². The molecular weight excluding hydrogens is 189 g/mol. The van der Waals surface area contributed by atoms with E-state index in [2.05, 4.69) is 0 Å². The zero-order chi connectivity index (χ0) is 10.7. The molecule has 0 bridgehead atoms. The van der Waals surface area contributed by atoms with Crippen molar-refractivity contribution in [3.05, 3.63) is 39.7 Å². The second-order valence-electron chi connectivity index (χ2n) is 2.92. The van der Waals surface area contributed by atoms with Crippen molar-refractivity contribution in [1.29, 1.82) is 0 Å². The van der Waals surface area contributed by atoms with Crippen LogP contribution < -0.4 is 0 Å². The van der Waals surface area contributed by atoms with Gasteiger partial charge in [-0.15, -0.1) is 0 Å². The third-order valence-electron chi connectivity index (χ3n) is 1.85. The molecule has 0 aliphatic heterocycles. The fourth-order valence-corrected chi connectivity index (χ4v) is 1.04. The summed E-state index contributed by atoms with van der Waals surface area (Å²) in [5.74, 6) is -1.24. The lowest BCUT2D eigenvalue weighted by Crippen LogP contribution is -1.97. The third-order valence-corrected chi connectivity index (χ3v) is 1.85. The van der Waals surface area contributed by atoms with E-state index < -0.39 is 16.7 Å². The summed E-state index contributed by atoms with van der Waals surface area (Å²) in [5.41, 5.74) is -0.0274. The molecule has 0 aromatic heterocycles. The van der Waals surface area contributed by atoms with Gasteiger partial charge in [0.15, 0.2) is 0 Å². The summed E-state index contributed by atoms with van der Waals surface area (Å²) in [6, 6.07) is 3.13. The molecule has 4 nitrogen and oxygen atoms in total. The first kappa shape index (κ1) is 10.3. The number of rotatable bonds is 3. The van der Waals surface area contributed by atoms with Crippen molar-refractivity contribution in [2.24, 2.45) is 0 Å².